The summed E-state index contributed by atoms with van der Waals surface area (Å²) in [5, 5.41) is 4.43. The standard InChI is InChI=1S/C17H19ClF2N4O/c1-2-24-16(13(18)10-21-24)17(25)23-8-6-22(7-9-23)11-12-4-3-5-14(19)15(12)20/h3-5,10H,2,6-9,11H2,1H3. The predicted octanol–water partition coefficient (Wildman–Crippen LogP) is 2.79. The third-order valence-electron chi connectivity index (χ3n) is 4.38. The number of aryl methyl sites for hydroxylation is 1. The number of piperazine rings is 1. The van der Waals surface area contributed by atoms with Crippen molar-refractivity contribution in [2.24, 2.45) is 0 Å². The molecule has 3 rings (SSSR count). The lowest BCUT2D eigenvalue weighted by molar-refractivity contribution is 0.0615. The molecule has 2 aromatic rings. The predicted molar refractivity (Wildman–Crippen MR) is 90.4 cm³/mol. The number of aromatic nitrogens is 2. The van der Waals surface area contributed by atoms with Crippen molar-refractivity contribution in [3.05, 3.63) is 52.3 Å². The third kappa shape index (κ3) is 3.67. The van der Waals surface area contributed by atoms with Gasteiger partial charge in [0.1, 0.15) is 5.69 Å². The largest absolute Gasteiger partial charge is 0.335 e. The van der Waals surface area contributed by atoms with Crippen LogP contribution in [0.1, 0.15) is 23.0 Å². The van der Waals surface area contributed by atoms with E-state index in [1.54, 1.807) is 15.6 Å². The van der Waals surface area contributed by atoms with E-state index in [-0.39, 0.29) is 5.91 Å². The molecule has 8 heteroatoms. The number of hydrogen-bond donors (Lipinski definition) is 0. The Bertz CT molecular complexity index is 772. The van der Waals surface area contributed by atoms with Crippen molar-refractivity contribution in [1.29, 1.82) is 0 Å². The maximum atomic E-state index is 13.8. The number of amides is 1. The molecule has 0 saturated carbocycles. The summed E-state index contributed by atoms with van der Waals surface area (Å²) in [6, 6.07) is 4.19. The van der Waals surface area contributed by atoms with E-state index in [0.717, 1.165) is 6.07 Å². The molecular formula is C17H19ClF2N4O. The maximum Gasteiger partial charge on any atom is 0.273 e. The second-order valence-electron chi connectivity index (χ2n) is 5.94. The third-order valence-corrected chi connectivity index (χ3v) is 4.66. The SMILES string of the molecule is CCn1ncc(Cl)c1C(=O)N1CCN(Cc2cccc(F)c2F)CC1. The van der Waals surface area contributed by atoms with Crippen LogP contribution in [0.15, 0.2) is 24.4 Å². The van der Waals surface area contributed by atoms with Crippen LogP contribution in [-0.2, 0) is 13.1 Å². The normalized spacial score (nSPS) is 15.6. The lowest BCUT2D eigenvalue weighted by atomic mass is 10.1. The highest BCUT2D eigenvalue weighted by Crippen LogP contribution is 2.19. The number of benzene rings is 1. The van der Waals surface area contributed by atoms with Crippen molar-refractivity contribution < 1.29 is 13.6 Å². The van der Waals surface area contributed by atoms with Crippen molar-refractivity contribution in [2.75, 3.05) is 26.2 Å². The molecule has 1 aromatic heterocycles. The zero-order chi connectivity index (χ0) is 18.0. The topological polar surface area (TPSA) is 41.4 Å². The van der Waals surface area contributed by atoms with Crippen LogP contribution < -0.4 is 0 Å². The Labute approximate surface area is 149 Å². The molecule has 1 fully saturated rings. The molecule has 25 heavy (non-hydrogen) atoms. The van der Waals surface area contributed by atoms with Crippen LogP contribution in [0.2, 0.25) is 5.02 Å². The minimum atomic E-state index is -0.839. The van der Waals surface area contributed by atoms with E-state index in [1.807, 2.05) is 11.8 Å². The van der Waals surface area contributed by atoms with E-state index in [9.17, 15) is 13.6 Å². The fraction of sp³-hybridized carbons (Fsp3) is 0.412. The first kappa shape index (κ1) is 17.8. The van der Waals surface area contributed by atoms with E-state index in [4.69, 9.17) is 11.6 Å². The average molecular weight is 369 g/mol. The van der Waals surface area contributed by atoms with Gasteiger partial charge in [-0.05, 0) is 13.0 Å². The van der Waals surface area contributed by atoms with E-state index in [0.29, 0.717) is 55.5 Å². The first-order valence-electron chi connectivity index (χ1n) is 8.17. The lowest BCUT2D eigenvalue weighted by Crippen LogP contribution is -2.48. The molecule has 134 valence electrons. The number of carbonyl (C=O) groups excluding carboxylic acids is 1. The number of halogens is 3. The molecule has 1 aliphatic rings. The monoisotopic (exact) mass is 368 g/mol. The molecule has 0 radical (unpaired) electrons. The number of carbonyl (C=O) groups is 1. The van der Waals surface area contributed by atoms with E-state index in [1.165, 1.54) is 12.3 Å². The number of rotatable bonds is 4. The van der Waals surface area contributed by atoms with Gasteiger partial charge < -0.3 is 4.90 Å². The van der Waals surface area contributed by atoms with Crippen molar-refractivity contribution in [3.8, 4) is 0 Å². The van der Waals surface area contributed by atoms with Gasteiger partial charge in [-0.2, -0.15) is 5.10 Å². The second-order valence-corrected chi connectivity index (χ2v) is 6.35. The van der Waals surface area contributed by atoms with Crippen LogP contribution in [-0.4, -0.2) is 51.7 Å². The molecule has 1 aromatic carbocycles. The van der Waals surface area contributed by atoms with Crippen LogP contribution in [0.3, 0.4) is 0 Å². The van der Waals surface area contributed by atoms with Gasteiger partial charge in [-0.1, -0.05) is 23.7 Å². The van der Waals surface area contributed by atoms with Crippen LogP contribution in [0, 0.1) is 11.6 Å². The van der Waals surface area contributed by atoms with Gasteiger partial charge in [-0.25, -0.2) is 8.78 Å². The van der Waals surface area contributed by atoms with Crippen molar-refractivity contribution in [1.82, 2.24) is 19.6 Å². The van der Waals surface area contributed by atoms with Gasteiger partial charge in [-0.3, -0.25) is 14.4 Å². The highest BCUT2D eigenvalue weighted by Gasteiger charge is 2.26. The summed E-state index contributed by atoms with van der Waals surface area (Å²) in [6.45, 7) is 4.94. The maximum absolute atomic E-state index is 13.8. The highest BCUT2D eigenvalue weighted by molar-refractivity contribution is 6.33. The lowest BCUT2D eigenvalue weighted by Gasteiger charge is -2.34. The van der Waals surface area contributed by atoms with Crippen LogP contribution in [0.4, 0.5) is 8.78 Å². The molecular weight excluding hydrogens is 350 g/mol. The van der Waals surface area contributed by atoms with Gasteiger partial charge in [0.25, 0.3) is 5.91 Å². The molecule has 0 unspecified atom stereocenters. The minimum Gasteiger partial charge on any atom is -0.335 e. The van der Waals surface area contributed by atoms with Crippen LogP contribution in [0.5, 0.6) is 0 Å². The Hall–Kier alpha value is -1.99. The van der Waals surface area contributed by atoms with Crippen molar-refractivity contribution in [2.45, 2.75) is 20.0 Å². The molecule has 1 aliphatic heterocycles. The molecule has 0 atom stereocenters. The van der Waals surface area contributed by atoms with Gasteiger partial charge in [0, 0.05) is 44.8 Å². The molecule has 2 heterocycles. The van der Waals surface area contributed by atoms with Gasteiger partial charge in [-0.15, -0.1) is 0 Å². The quantitative estimate of drug-likeness (QED) is 0.833. The smallest absolute Gasteiger partial charge is 0.273 e. The summed E-state index contributed by atoms with van der Waals surface area (Å²) in [4.78, 5) is 16.4. The molecule has 0 bridgehead atoms. The molecule has 0 N–H and O–H groups in total. The van der Waals surface area contributed by atoms with Crippen LogP contribution in [0.25, 0.3) is 0 Å². The first-order chi connectivity index (χ1) is 12.0. The second kappa shape index (κ2) is 7.49. The Kier molecular flexibility index (Phi) is 5.34. The van der Waals surface area contributed by atoms with Gasteiger partial charge in [0.15, 0.2) is 11.6 Å². The summed E-state index contributed by atoms with van der Waals surface area (Å²) in [6.07, 6.45) is 1.47. The van der Waals surface area contributed by atoms with E-state index >= 15 is 0 Å². The fourth-order valence-corrected chi connectivity index (χ4v) is 3.21. The van der Waals surface area contributed by atoms with Gasteiger partial charge in [0.05, 0.1) is 11.2 Å². The minimum absolute atomic E-state index is 0.152. The zero-order valence-corrected chi connectivity index (χ0v) is 14.6. The molecule has 0 spiro atoms. The fourth-order valence-electron chi connectivity index (χ4n) is 2.99. The molecule has 1 saturated heterocycles. The Morgan fingerprint density at radius 1 is 1.24 bits per heavy atom. The highest BCUT2D eigenvalue weighted by atomic mass is 35.5. The molecule has 5 nitrogen and oxygen atoms in total. The Balaban J connectivity index is 1.63. The van der Waals surface area contributed by atoms with Crippen LogP contribution >= 0.6 is 11.6 Å². The summed E-state index contributed by atoms with van der Waals surface area (Å²) in [5.41, 5.74) is 0.723. The molecule has 0 aliphatic carbocycles. The Morgan fingerprint density at radius 2 is 1.96 bits per heavy atom. The van der Waals surface area contributed by atoms with Crippen molar-refractivity contribution in [3.63, 3.8) is 0 Å². The number of hydrogen-bond acceptors (Lipinski definition) is 3. The summed E-state index contributed by atoms with van der Waals surface area (Å²) >= 11 is 6.09. The van der Waals surface area contributed by atoms with E-state index < -0.39 is 11.6 Å². The van der Waals surface area contributed by atoms with Crippen molar-refractivity contribution >= 4 is 17.5 Å². The number of nitrogens with zero attached hydrogens (tertiary/aromatic N) is 4. The summed E-state index contributed by atoms with van der Waals surface area (Å²) in [7, 11) is 0. The Morgan fingerprint density at radius 3 is 2.64 bits per heavy atom. The molecule has 1 amide bonds. The van der Waals surface area contributed by atoms with Gasteiger partial charge in [0.2, 0.25) is 0 Å². The summed E-state index contributed by atoms with van der Waals surface area (Å²) < 4.78 is 28.7. The zero-order valence-electron chi connectivity index (χ0n) is 13.9. The average Bonchev–Trinajstić information content (AvgIpc) is 2.99. The summed E-state index contributed by atoms with van der Waals surface area (Å²) in [5.74, 6) is -1.80. The first-order valence-corrected chi connectivity index (χ1v) is 8.55. The van der Waals surface area contributed by atoms with Gasteiger partial charge >= 0.3 is 0 Å². The van der Waals surface area contributed by atoms with E-state index in [2.05, 4.69) is 5.10 Å².